The number of hydrogen-bond donors (Lipinski definition) is 2. The first-order chi connectivity index (χ1) is 10.2. The van der Waals surface area contributed by atoms with Crippen LogP contribution in [0.4, 0.5) is 11.8 Å². The summed E-state index contributed by atoms with van der Waals surface area (Å²) in [5.41, 5.74) is 12.2. The molecule has 6 nitrogen and oxygen atoms in total. The van der Waals surface area contributed by atoms with E-state index in [0.29, 0.717) is 28.2 Å². The van der Waals surface area contributed by atoms with Gasteiger partial charge in [-0.1, -0.05) is 18.2 Å². The van der Waals surface area contributed by atoms with E-state index in [2.05, 4.69) is 9.97 Å². The van der Waals surface area contributed by atoms with Crippen LogP contribution in [0.2, 0.25) is 0 Å². The predicted octanol–water partition coefficient (Wildman–Crippen LogP) is 2.60. The molecule has 4 N–H and O–H groups in total. The zero-order chi connectivity index (χ0) is 14.8. The predicted molar refractivity (Wildman–Crippen MR) is 81.4 cm³/mol. The monoisotopic (exact) mass is 282 g/mol. The molecule has 0 radical (unpaired) electrons. The highest BCUT2D eigenvalue weighted by Gasteiger charge is 2.12. The van der Waals surface area contributed by atoms with E-state index < -0.39 is 0 Å². The summed E-state index contributed by atoms with van der Waals surface area (Å²) in [6.07, 6.45) is 0. The Labute approximate surface area is 121 Å². The van der Waals surface area contributed by atoms with Crippen LogP contribution < -0.4 is 20.9 Å². The zero-order valence-electron chi connectivity index (χ0n) is 11.4. The molecule has 0 bridgehead atoms. The molecule has 3 rings (SSSR count). The highest BCUT2D eigenvalue weighted by atomic mass is 16.5. The van der Waals surface area contributed by atoms with Crippen LogP contribution in [-0.4, -0.2) is 17.1 Å². The molecular weight excluding hydrogens is 268 g/mol. The standard InChI is InChI=1S/C15H14N4O2/c1-20-10-6-2-3-7-11(10)21-12-8-4-5-9-13(12)14(16)19-15(17)18-9/h2-8H,1H3,(H4,16,17,18,19). The van der Waals surface area contributed by atoms with Gasteiger partial charge >= 0.3 is 0 Å². The van der Waals surface area contributed by atoms with E-state index >= 15 is 0 Å². The molecule has 106 valence electrons. The van der Waals surface area contributed by atoms with Gasteiger partial charge in [-0.25, -0.2) is 4.98 Å². The van der Waals surface area contributed by atoms with Gasteiger partial charge in [0, 0.05) is 0 Å². The van der Waals surface area contributed by atoms with Crippen LogP contribution in [0, 0.1) is 0 Å². The zero-order valence-corrected chi connectivity index (χ0v) is 11.4. The summed E-state index contributed by atoms with van der Waals surface area (Å²) in [4.78, 5) is 8.14. The van der Waals surface area contributed by atoms with Crippen LogP contribution in [0.25, 0.3) is 10.9 Å². The lowest BCUT2D eigenvalue weighted by Gasteiger charge is -2.12. The lowest BCUT2D eigenvalue weighted by molar-refractivity contribution is 0.380. The molecule has 1 aromatic heterocycles. The molecule has 0 unspecified atom stereocenters. The minimum absolute atomic E-state index is 0.134. The van der Waals surface area contributed by atoms with Crippen LogP contribution in [0.15, 0.2) is 42.5 Å². The molecule has 0 aliphatic rings. The first-order valence-corrected chi connectivity index (χ1v) is 6.31. The Morgan fingerprint density at radius 2 is 1.57 bits per heavy atom. The van der Waals surface area contributed by atoms with E-state index in [0.717, 1.165) is 0 Å². The van der Waals surface area contributed by atoms with Gasteiger partial charge < -0.3 is 20.9 Å². The summed E-state index contributed by atoms with van der Waals surface area (Å²) in [6.45, 7) is 0. The first-order valence-electron chi connectivity index (χ1n) is 6.31. The topological polar surface area (TPSA) is 96.3 Å². The van der Waals surface area contributed by atoms with Gasteiger partial charge in [0.05, 0.1) is 18.0 Å². The number of hydrogen-bond acceptors (Lipinski definition) is 6. The number of nitrogens with two attached hydrogens (primary N) is 2. The van der Waals surface area contributed by atoms with Gasteiger partial charge in [-0.2, -0.15) is 4.98 Å². The molecule has 6 heteroatoms. The van der Waals surface area contributed by atoms with Crippen molar-refractivity contribution in [2.45, 2.75) is 0 Å². The number of ether oxygens (including phenoxy) is 2. The Morgan fingerprint density at radius 3 is 2.33 bits per heavy atom. The van der Waals surface area contributed by atoms with Gasteiger partial charge in [-0.05, 0) is 24.3 Å². The maximum Gasteiger partial charge on any atom is 0.222 e. The van der Waals surface area contributed by atoms with E-state index in [1.54, 1.807) is 19.2 Å². The minimum atomic E-state index is 0.134. The molecule has 1 heterocycles. The smallest absolute Gasteiger partial charge is 0.222 e. The Morgan fingerprint density at radius 1 is 0.857 bits per heavy atom. The lowest BCUT2D eigenvalue weighted by atomic mass is 10.2. The molecule has 0 aliphatic heterocycles. The van der Waals surface area contributed by atoms with Crippen LogP contribution in [0.1, 0.15) is 0 Å². The molecule has 2 aromatic carbocycles. The number of fused-ring (bicyclic) bond motifs is 1. The SMILES string of the molecule is COc1ccccc1Oc1cccc2nc(N)nc(N)c12. The van der Waals surface area contributed by atoms with Crippen molar-refractivity contribution < 1.29 is 9.47 Å². The molecule has 21 heavy (non-hydrogen) atoms. The van der Waals surface area contributed by atoms with Gasteiger partial charge in [0.1, 0.15) is 11.6 Å². The number of anilines is 2. The molecule has 0 spiro atoms. The van der Waals surface area contributed by atoms with E-state index in [-0.39, 0.29) is 11.8 Å². The number of methoxy groups -OCH3 is 1. The van der Waals surface area contributed by atoms with Gasteiger partial charge in [-0.15, -0.1) is 0 Å². The first kappa shape index (κ1) is 13.0. The van der Waals surface area contributed by atoms with Crippen molar-refractivity contribution in [2.75, 3.05) is 18.6 Å². The maximum absolute atomic E-state index is 5.94. The molecule has 0 fully saturated rings. The number of para-hydroxylation sites is 2. The second-order valence-corrected chi connectivity index (χ2v) is 4.37. The van der Waals surface area contributed by atoms with E-state index in [4.69, 9.17) is 20.9 Å². The summed E-state index contributed by atoms with van der Waals surface area (Å²) in [6, 6.07) is 12.8. The fourth-order valence-electron chi connectivity index (χ4n) is 2.10. The average molecular weight is 282 g/mol. The number of rotatable bonds is 3. The van der Waals surface area contributed by atoms with Gasteiger partial charge in [0.25, 0.3) is 0 Å². The van der Waals surface area contributed by atoms with E-state index in [1.807, 2.05) is 30.3 Å². The van der Waals surface area contributed by atoms with Crippen LogP contribution >= 0.6 is 0 Å². The maximum atomic E-state index is 5.94. The van der Waals surface area contributed by atoms with Gasteiger partial charge in [-0.3, -0.25) is 0 Å². The summed E-state index contributed by atoms with van der Waals surface area (Å²) in [5, 5.41) is 0.623. The van der Waals surface area contributed by atoms with E-state index in [9.17, 15) is 0 Å². The summed E-state index contributed by atoms with van der Waals surface area (Å²) < 4.78 is 11.2. The summed E-state index contributed by atoms with van der Waals surface area (Å²) in [5.74, 6) is 2.18. The fraction of sp³-hybridized carbons (Fsp3) is 0.0667. The largest absolute Gasteiger partial charge is 0.493 e. The van der Waals surface area contributed by atoms with Crippen LogP contribution in [0.3, 0.4) is 0 Å². The van der Waals surface area contributed by atoms with Gasteiger partial charge in [0.2, 0.25) is 5.95 Å². The third-order valence-corrected chi connectivity index (χ3v) is 3.02. The highest BCUT2D eigenvalue weighted by molar-refractivity contribution is 5.94. The molecule has 3 aromatic rings. The third-order valence-electron chi connectivity index (χ3n) is 3.02. The van der Waals surface area contributed by atoms with Crippen molar-refractivity contribution in [1.82, 2.24) is 9.97 Å². The molecule has 0 saturated carbocycles. The number of benzene rings is 2. The molecule has 0 aliphatic carbocycles. The average Bonchev–Trinajstić information content (AvgIpc) is 2.47. The third kappa shape index (κ3) is 2.38. The molecule has 0 atom stereocenters. The second-order valence-electron chi connectivity index (χ2n) is 4.37. The van der Waals surface area contributed by atoms with Crippen molar-refractivity contribution in [2.24, 2.45) is 0 Å². The number of aromatic nitrogens is 2. The highest BCUT2D eigenvalue weighted by Crippen LogP contribution is 2.36. The van der Waals surface area contributed by atoms with Crippen molar-refractivity contribution in [3.8, 4) is 17.2 Å². The summed E-state index contributed by atoms with van der Waals surface area (Å²) in [7, 11) is 1.59. The van der Waals surface area contributed by atoms with Gasteiger partial charge in [0.15, 0.2) is 11.5 Å². The molecule has 0 amide bonds. The summed E-state index contributed by atoms with van der Waals surface area (Å²) >= 11 is 0. The Hall–Kier alpha value is -3.02. The van der Waals surface area contributed by atoms with Crippen molar-refractivity contribution in [3.05, 3.63) is 42.5 Å². The lowest BCUT2D eigenvalue weighted by Crippen LogP contribution is -2.01. The van der Waals surface area contributed by atoms with Crippen LogP contribution in [0.5, 0.6) is 17.2 Å². The minimum Gasteiger partial charge on any atom is -0.493 e. The Bertz CT molecular complexity index is 805. The number of nitrogen functional groups attached to an aromatic ring is 2. The Balaban J connectivity index is 2.13. The normalized spacial score (nSPS) is 10.5. The Kier molecular flexibility index (Phi) is 3.19. The van der Waals surface area contributed by atoms with Crippen molar-refractivity contribution in [3.63, 3.8) is 0 Å². The van der Waals surface area contributed by atoms with Crippen molar-refractivity contribution >= 4 is 22.7 Å². The quantitative estimate of drug-likeness (QED) is 0.766. The van der Waals surface area contributed by atoms with Crippen LogP contribution in [-0.2, 0) is 0 Å². The van der Waals surface area contributed by atoms with Crippen molar-refractivity contribution in [1.29, 1.82) is 0 Å². The number of nitrogens with zero attached hydrogens (tertiary/aromatic N) is 2. The van der Waals surface area contributed by atoms with E-state index in [1.165, 1.54) is 0 Å². The second kappa shape index (κ2) is 5.16. The molecular formula is C15H14N4O2. The molecule has 0 saturated heterocycles. The fourth-order valence-corrected chi connectivity index (χ4v) is 2.10.